The molecule has 0 aliphatic rings. The summed E-state index contributed by atoms with van der Waals surface area (Å²) in [5.74, 6) is -0.149. The van der Waals surface area contributed by atoms with Crippen molar-refractivity contribution in [2.45, 2.75) is 13.8 Å². The average Bonchev–Trinajstić information content (AvgIpc) is 3.17. The number of rotatable bonds is 3. The smallest absolute Gasteiger partial charge is 0.265 e. The Morgan fingerprint density at radius 3 is 2.69 bits per heavy atom. The van der Waals surface area contributed by atoms with Crippen molar-refractivity contribution < 1.29 is 4.79 Å². The van der Waals surface area contributed by atoms with Crippen LogP contribution in [0.4, 0.5) is 5.69 Å². The lowest BCUT2D eigenvalue weighted by Crippen LogP contribution is -2.10. The van der Waals surface area contributed by atoms with E-state index in [1.165, 1.54) is 11.3 Å². The number of halogens is 1. The zero-order valence-corrected chi connectivity index (χ0v) is 15.9. The monoisotopic (exact) mass is 381 g/mol. The van der Waals surface area contributed by atoms with Crippen molar-refractivity contribution in [1.82, 2.24) is 9.78 Å². The van der Waals surface area contributed by atoms with Gasteiger partial charge in [-0.05, 0) is 49.7 Å². The van der Waals surface area contributed by atoms with Gasteiger partial charge in [0.2, 0.25) is 0 Å². The molecule has 4 nitrogen and oxygen atoms in total. The third-order valence-electron chi connectivity index (χ3n) is 4.19. The minimum Gasteiger partial charge on any atom is -0.321 e. The van der Waals surface area contributed by atoms with Gasteiger partial charge in [-0.2, -0.15) is 5.10 Å². The van der Waals surface area contributed by atoms with Gasteiger partial charge in [0.15, 0.2) is 0 Å². The van der Waals surface area contributed by atoms with Crippen molar-refractivity contribution in [1.29, 1.82) is 0 Å². The number of aromatic nitrogens is 2. The fraction of sp³-hybridized carbons (Fsp3) is 0.100. The lowest BCUT2D eigenvalue weighted by molar-refractivity contribution is 0.103. The van der Waals surface area contributed by atoms with E-state index in [4.69, 9.17) is 11.6 Å². The summed E-state index contributed by atoms with van der Waals surface area (Å²) in [6.45, 7) is 4.01. The molecule has 2 heterocycles. The van der Waals surface area contributed by atoms with Gasteiger partial charge in [-0.15, -0.1) is 11.3 Å². The Bertz CT molecular complexity index is 1130. The van der Waals surface area contributed by atoms with E-state index >= 15 is 0 Å². The molecule has 0 atom stereocenters. The average molecular weight is 382 g/mol. The number of fused-ring (bicyclic) bond motifs is 1. The summed E-state index contributed by atoms with van der Waals surface area (Å²) in [7, 11) is 0. The molecular weight excluding hydrogens is 366 g/mol. The molecule has 0 radical (unpaired) electrons. The Morgan fingerprint density at radius 1 is 1.12 bits per heavy atom. The van der Waals surface area contributed by atoms with Crippen LogP contribution in [0.15, 0.2) is 54.6 Å². The first-order valence-electron chi connectivity index (χ1n) is 8.15. The number of benzene rings is 2. The van der Waals surface area contributed by atoms with Crippen molar-refractivity contribution in [3.05, 3.63) is 75.8 Å². The Kier molecular flexibility index (Phi) is 4.26. The molecule has 4 aromatic rings. The molecule has 130 valence electrons. The van der Waals surface area contributed by atoms with E-state index in [1.807, 2.05) is 48.0 Å². The molecular formula is C20H16ClN3OS. The number of thiophene rings is 1. The molecule has 0 bridgehead atoms. The highest BCUT2D eigenvalue weighted by Gasteiger charge is 2.18. The maximum absolute atomic E-state index is 12.6. The summed E-state index contributed by atoms with van der Waals surface area (Å²) in [6, 6.07) is 17.1. The van der Waals surface area contributed by atoms with Crippen LogP contribution in [0.3, 0.4) is 0 Å². The maximum Gasteiger partial charge on any atom is 0.265 e. The van der Waals surface area contributed by atoms with Gasteiger partial charge in [-0.25, -0.2) is 4.68 Å². The first-order chi connectivity index (χ1) is 12.5. The standard InChI is InChI=1S/C20H16ClN3OS/c1-12-6-3-4-9-17(12)24-20-16(13(2)23-24)11-18(26-20)19(25)22-15-8-5-7-14(21)10-15/h3-11H,1-2H3,(H,22,25). The third-order valence-corrected chi connectivity index (χ3v) is 5.54. The van der Waals surface area contributed by atoms with Gasteiger partial charge in [0, 0.05) is 16.1 Å². The molecule has 0 aliphatic heterocycles. The Morgan fingerprint density at radius 2 is 1.92 bits per heavy atom. The lowest BCUT2D eigenvalue weighted by Gasteiger charge is -2.06. The molecule has 0 fully saturated rings. The minimum absolute atomic E-state index is 0.149. The van der Waals surface area contributed by atoms with Crippen molar-refractivity contribution in [3.63, 3.8) is 0 Å². The summed E-state index contributed by atoms with van der Waals surface area (Å²) in [4.78, 5) is 14.3. The predicted molar refractivity (Wildman–Crippen MR) is 108 cm³/mol. The molecule has 0 saturated carbocycles. The van der Waals surface area contributed by atoms with Crippen molar-refractivity contribution in [2.24, 2.45) is 0 Å². The lowest BCUT2D eigenvalue weighted by atomic mass is 10.2. The van der Waals surface area contributed by atoms with Gasteiger partial charge in [-0.3, -0.25) is 4.79 Å². The number of hydrogen-bond acceptors (Lipinski definition) is 3. The van der Waals surface area contributed by atoms with Gasteiger partial charge in [0.05, 0.1) is 16.3 Å². The van der Waals surface area contributed by atoms with Crippen molar-refractivity contribution >= 4 is 44.7 Å². The Labute approximate surface area is 160 Å². The molecule has 1 amide bonds. The van der Waals surface area contributed by atoms with Crippen LogP contribution in [0, 0.1) is 13.8 Å². The summed E-state index contributed by atoms with van der Waals surface area (Å²) >= 11 is 7.42. The summed E-state index contributed by atoms with van der Waals surface area (Å²) in [5.41, 5.74) is 3.74. The largest absolute Gasteiger partial charge is 0.321 e. The van der Waals surface area contributed by atoms with Gasteiger partial charge in [0.25, 0.3) is 5.91 Å². The fourth-order valence-electron chi connectivity index (χ4n) is 2.88. The van der Waals surface area contributed by atoms with Crippen LogP contribution >= 0.6 is 22.9 Å². The van der Waals surface area contributed by atoms with Crippen LogP contribution in [-0.2, 0) is 0 Å². The number of carbonyl (C=O) groups is 1. The highest BCUT2D eigenvalue weighted by molar-refractivity contribution is 7.20. The van der Waals surface area contributed by atoms with Crippen LogP contribution in [0.2, 0.25) is 5.02 Å². The number of hydrogen-bond donors (Lipinski definition) is 1. The molecule has 26 heavy (non-hydrogen) atoms. The van der Waals surface area contributed by atoms with E-state index in [2.05, 4.69) is 23.4 Å². The molecule has 2 aromatic carbocycles. The molecule has 1 N–H and O–H groups in total. The van der Waals surface area contributed by atoms with E-state index in [0.717, 1.165) is 27.2 Å². The van der Waals surface area contributed by atoms with Gasteiger partial charge >= 0.3 is 0 Å². The third kappa shape index (κ3) is 3.00. The van der Waals surface area contributed by atoms with Crippen LogP contribution in [0.1, 0.15) is 20.9 Å². The number of aryl methyl sites for hydroxylation is 2. The highest BCUT2D eigenvalue weighted by atomic mass is 35.5. The minimum atomic E-state index is -0.149. The number of nitrogens with one attached hydrogen (secondary N) is 1. The number of para-hydroxylation sites is 1. The van der Waals surface area contributed by atoms with E-state index in [-0.39, 0.29) is 5.91 Å². The van der Waals surface area contributed by atoms with E-state index in [0.29, 0.717) is 15.6 Å². The van der Waals surface area contributed by atoms with Crippen LogP contribution in [-0.4, -0.2) is 15.7 Å². The zero-order valence-electron chi connectivity index (χ0n) is 14.3. The fourth-order valence-corrected chi connectivity index (χ4v) is 4.14. The summed E-state index contributed by atoms with van der Waals surface area (Å²) < 4.78 is 1.92. The Hall–Kier alpha value is -2.63. The van der Waals surface area contributed by atoms with Crippen LogP contribution in [0.5, 0.6) is 0 Å². The predicted octanol–water partition coefficient (Wildman–Crippen LogP) is 5.61. The number of amides is 1. The van der Waals surface area contributed by atoms with Crippen molar-refractivity contribution in [2.75, 3.05) is 5.32 Å². The normalized spacial score (nSPS) is 11.0. The van der Waals surface area contributed by atoms with E-state index in [9.17, 15) is 4.79 Å². The quantitative estimate of drug-likeness (QED) is 0.501. The van der Waals surface area contributed by atoms with Crippen LogP contribution in [0.25, 0.3) is 15.9 Å². The van der Waals surface area contributed by atoms with Crippen molar-refractivity contribution in [3.8, 4) is 5.69 Å². The second-order valence-electron chi connectivity index (χ2n) is 6.08. The first kappa shape index (κ1) is 16.8. The molecule has 4 rings (SSSR count). The highest BCUT2D eigenvalue weighted by Crippen LogP contribution is 2.31. The SMILES string of the molecule is Cc1ccccc1-n1nc(C)c2cc(C(=O)Nc3cccc(Cl)c3)sc21. The molecule has 2 aromatic heterocycles. The summed E-state index contributed by atoms with van der Waals surface area (Å²) in [5, 5.41) is 9.14. The first-order valence-corrected chi connectivity index (χ1v) is 9.34. The second kappa shape index (κ2) is 6.59. The molecule has 0 unspecified atom stereocenters. The number of anilines is 1. The van der Waals surface area contributed by atoms with Crippen LogP contribution < -0.4 is 5.32 Å². The molecule has 6 heteroatoms. The van der Waals surface area contributed by atoms with E-state index in [1.54, 1.807) is 12.1 Å². The number of carbonyl (C=O) groups excluding carboxylic acids is 1. The molecule has 0 spiro atoms. The van der Waals surface area contributed by atoms with Gasteiger partial charge in [0.1, 0.15) is 4.83 Å². The molecule has 0 saturated heterocycles. The summed E-state index contributed by atoms with van der Waals surface area (Å²) in [6.07, 6.45) is 0. The number of nitrogens with zero attached hydrogens (tertiary/aromatic N) is 2. The maximum atomic E-state index is 12.6. The zero-order chi connectivity index (χ0) is 18.3. The Balaban J connectivity index is 1.73. The van der Waals surface area contributed by atoms with E-state index < -0.39 is 0 Å². The topological polar surface area (TPSA) is 46.9 Å². The molecule has 0 aliphatic carbocycles. The van der Waals surface area contributed by atoms with Gasteiger partial charge < -0.3 is 5.32 Å². The second-order valence-corrected chi connectivity index (χ2v) is 7.54. The van der Waals surface area contributed by atoms with Gasteiger partial charge in [-0.1, -0.05) is 35.9 Å².